The molecule has 3 rings (SSSR count). The quantitative estimate of drug-likeness (QED) is 0.816. The van der Waals surface area contributed by atoms with Gasteiger partial charge in [-0.1, -0.05) is 12.1 Å². The Balaban J connectivity index is 1.82. The molecule has 1 aromatic carbocycles. The first kappa shape index (κ1) is 17.1. The molecule has 0 radical (unpaired) electrons. The molecule has 1 aliphatic rings. The number of nitrogens with zero attached hydrogens (tertiary/aromatic N) is 1. The van der Waals surface area contributed by atoms with Crippen molar-refractivity contribution in [3.8, 4) is 0 Å². The highest BCUT2D eigenvalue weighted by atomic mass is 32.1. The summed E-state index contributed by atoms with van der Waals surface area (Å²) in [4.78, 5) is 15.9. The molecule has 0 unspecified atom stereocenters. The van der Waals surface area contributed by atoms with Crippen LogP contribution in [0.5, 0.6) is 0 Å². The Morgan fingerprint density at radius 2 is 2.17 bits per heavy atom. The number of amides is 1. The number of carbonyl (C=O) groups excluding carboxylic acids is 1. The zero-order valence-corrected chi connectivity index (χ0v) is 14.4. The maximum Gasteiger partial charge on any atom is 0.237 e. The normalized spacial score (nSPS) is 16.9. The lowest BCUT2D eigenvalue weighted by Gasteiger charge is -2.36. The summed E-state index contributed by atoms with van der Waals surface area (Å²) in [7, 11) is 1.64. The van der Waals surface area contributed by atoms with Gasteiger partial charge in [0, 0.05) is 25.1 Å². The van der Waals surface area contributed by atoms with E-state index in [0.29, 0.717) is 19.7 Å². The monoisotopic (exact) mass is 348 g/mol. The van der Waals surface area contributed by atoms with E-state index >= 15 is 0 Å². The van der Waals surface area contributed by atoms with Crippen molar-refractivity contribution in [3.05, 3.63) is 57.5 Å². The summed E-state index contributed by atoms with van der Waals surface area (Å²) in [6, 6.07) is 8.38. The van der Waals surface area contributed by atoms with Gasteiger partial charge in [0.15, 0.2) is 0 Å². The number of carbonyl (C=O) groups is 1. The SMILES string of the molecule is COCCNCC(=O)N1CCc2sccc2[C@H]1c1ccc(F)cc1. The Morgan fingerprint density at radius 3 is 2.92 bits per heavy atom. The van der Waals surface area contributed by atoms with E-state index in [-0.39, 0.29) is 24.3 Å². The van der Waals surface area contributed by atoms with Gasteiger partial charge in [-0.3, -0.25) is 4.79 Å². The molecule has 1 atom stereocenters. The largest absolute Gasteiger partial charge is 0.383 e. The highest BCUT2D eigenvalue weighted by Gasteiger charge is 2.32. The number of methoxy groups -OCH3 is 1. The number of benzene rings is 1. The second kappa shape index (κ2) is 7.88. The molecule has 0 bridgehead atoms. The van der Waals surface area contributed by atoms with Crippen molar-refractivity contribution >= 4 is 17.2 Å². The number of hydrogen-bond donors (Lipinski definition) is 1. The van der Waals surface area contributed by atoms with E-state index in [1.165, 1.54) is 17.0 Å². The predicted molar refractivity (Wildman–Crippen MR) is 92.7 cm³/mol. The summed E-state index contributed by atoms with van der Waals surface area (Å²) in [6.45, 7) is 2.17. The van der Waals surface area contributed by atoms with Gasteiger partial charge in [-0.25, -0.2) is 4.39 Å². The summed E-state index contributed by atoms with van der Waals surface area (Å²) in [5.41, 5.74) is 2.10. The van der Waals surface area contributed by atoms with Gasteiger partial charge >= 0.3 is 0 Å². The molecule has 4 nitrogen and oxygen atoms in total. The maximum atomic E-state index is 13.3. The Labute approximate surface area is 145 Å². The molecule has 0 spiro atoms. The highest BCUT2D eigenvalue weighted by molar-refractivity contribution is 7.10. The molecule has 2 heterocycles. The molecule has 1 N–H and O–H groups in total. The maximum absolute atomic E-state index is 13.3. The Kier molecular flexibility index (Phi) is 5.60. The van der Waals surface area contributed by atoms with Gasteiger partial charge in [0.05, 0.1) is 19.2 Å². The van der Waals surface area contributed by atoms with E-state index in [1.54, 1.807) is 30.6 Å². The van der Waals surface area contributed by atoms with E-state index < -0.39 is 0 Å². The van der Waals surface area contributed by atoms with Crippen LogP contribution in [0.25, 0.3) is 0 Å². The van der Waals surface area contributed by atoms with Crippen LogP contribution in [0.4, 0.5) is 4.39 Å². The molecule has 128 valence electrons. The van der Waals surface area contributed by atoms with E-state index in [0.717, 1.165) is 17.5 Å². The van der Waals surface area contributed by atoms with E-state index in [4.69, 9.17) is 4.74 Å². The highest BCUT2D eigenvalue weighted by Crippen LogP contribution is 2.37. The van der Waals surface area contributed by atoms with Crippen LogP contribution in [-0.2, 0) is 16.0 Å². The third-order valence-corrected chi connectivity index (χ3v) is 5.23. The molecule has 0 aliphatic carbocycles. The third-order valence-electron chi connectivity index (χ3n) is 4.23. The van der Waals surface area contributed by atoms with E-state index in [9.17, 15) is 9.18 Å². The fraction of sp³-hybridized carbons (Fsp3) is 0.389. The predicted octanol–water partition coefficient (Wildman–Crippen LogP) is 2.60. The minimum absolute atomic E-state index is 0.0530. The van der Waals surface area contributed by atoms with Crippen molar-refractivity contribution < 1.29 is 13.9 Å². The third kappa shape index (κ3) is 3.66. The number of nitrogens with one attached hydrogen (secondary N) is 1. The summed E-state index contributed by atoms with van der Waals surface area (Å²) in [5, 5.41) is 5.17. The van der Waals surface area contributed by atoms with Crippen molar-refractivity contribution in [1.82, 2.24) is 10.2 Å². The first-order chi connectivity index (χ1) is 11.7. The molecule has 0 saturated heterocycles. The number of halogens is 1. The number of ether oxygens (including phenoxy) is 1. The molecule has 1 amide bonds. The molecule has 1 aliphatic heterocycles. The van der Waals surface area contributed by atoms with Crippen LogP contribution in [0.15, 0.2) is 35.7 Å². The van der Waals surface area contributed by atoms with Crippen molar-refractivity contribution in [3.63, 3.8) is 0 Å². The molecule has 1 aromatic heterocycles. The summed E-state index contributed by atoms with van der Waals surface area (Å²) < 4.78 is 18.3. The lowest BCUT2D eigenvalue weighted by molar-refractivity contribution is -0.132. The van der Waals surface area contributed by atoms with Crippen LogP contribution in [0.3, 0.4) is 0 Å². The lowest BCUT2D eigenvalue weighted by Crippen LogP contribution is -2.44. The minimum Gasteiger partial charge on any atom is -0.383 e. The van der Waals surface area contributed by atoms with Gasteiger partial charge in [-0.15, -0.1) is 11.3 Å². The second-order valence-corrected chi connectivity index (χ2v) is 6.76. The van der Waals surface area contributed by atoms with Crippen LogP contribution in [0.1, 0.15) is 22.0 Å². The van der Waals surface area contributed by atoms with Gasteiger partial charge in [0.2, 0.25) is 5.91 Å². The summed E-state index contributed by atoms with van der Waals surface area (Å²) >= 11 is 1.72. The van der Waals surface area contributed by atoms with Crippen molar-refractivity contribution in [2.75, 3.05) is 33.4 Å². The van der Waals surface area contributed by atoms with Gasteiger partial charge in [0.25, 0.3) is 0 Å². The average Bonchev–Trinajstić information content (AvgIpc) is 3.07. The Hall–Kier alpha value is -1.76. The fourth-order valence-corrected chi connectivity index (χ4v) is 3.96. The topological polar surface area (TPSA) is 41.6 Å². The Bertz CT molecular complexity index is 687. The van der Waals surface area contributed by atoms with E-state index in [1.807, 2.05) is 4.90 Å². The summed E-state index contributed by atoms with van der Waals surface area (Å²) in [5.74, 6) is -0.212. The second-order valence-electron chi connectivity index (χ2n) is 5.76. The average molecular weight is 348 g/mol. The standard InChI is InChI=1S/C18H21FN2O2S/c1-23-10-8-20-12-17(22)21-9-6-16-15(7-11-24-16)18(21)13-2-4-14(19)5-3-13/h2-5,7,11,18,20H,6,8-10,12H2,1H3/t18-/m1/s1. The van der Waals surface area contributed by atoms with Crippen LogP contribution >= 0.6 is 11.3 Å². The van der Waals surface area contributed by atoms with E-state index in [2.05, 4.69) is 16.8 Å². The van der Waals surface area contributed by atoms with Gasteiger partial charge in [-0.05, 0) is 41.1 Å². The molecule has 0 saturated carbocycles. The lowest BCUT2D eigenvalue weighted by atomic mass is 9.93. The number of fused-ring (bicyclic) bond motifs is 1. The molecule has 0 fully saturated rings. The van der Waals surface area contributed by atoms with Crippen LogP contribution < -0.4 is 5.32 Å². The van der Waals surface area contributed by atoms with Gasteiger partial charge in [0.1, 0.15) is 5.82 Å². The zero-order chi connectivity index (χ0) is 16.9. The molecule has 2 aromatic rings. The smallest absolute Gasteiger partial charge is 0.237 e. The molecule has 6 heteroatoms. The molecular weight excluding hydrogens is 327 g/mol. The van der Waals surface area contributed by atoms with Gasteiger partial charge in [-0.2, -0.15) is 0 Å². The zero-order valence-electron chi connectivity index (χ0n) is 13.6. The van der Waals surface area contributed by atoms with Crippen LogP contribution in [-0.4, -0.2) is 44.2 Å². The number of hydrogen-bond acceptors (Lipinski definition) is 4. The Morgan fingerprint density at radius 1 is 1.38 bits per heavy atom. The summed E-state index contributed by atoms with van der Waals surface area (Å²) in [6.07, 6.45) is 0.870. The van der Waals surface area contributed by atoms with Crippen molar-refractivity contribution in [2.45, 2.75) is 12.5 Å². The minimum atomic E-state index is -0.265. The van der Waals surface area contributed by atoms with Gasteiger partial charge < -0.3 is 15.0 Å². The van der Waals surface area contributed by atoms with Crippen molar-refractivity contribution in [2.24, 2.45) is 0 Å². The first-order valence-electron chi connectivity index (χ1n) is 8.01. The first-order valence-corrected chi connectivity index (χ1v) is 8.89. The number of thiophene rings is 1. The van der Waals surface area contributed by atoms with Crippen molar-refractivity contribution in [1.29, 1.82) is 0 Å². The van der Waals surface area contributed by atoms with Crippen LogP contribution in [0, 0.1) is 5.82 Å². The fourth-order valence-electron chi connectivity index (χ4n) is 3.06. The molecule has 24 heavy (non-hydrogen) atoms. The molecular formula is C18H21FN2O2S. The number of rotatable bonds is 6. The van der Waals surface area contributed by atoms with Crippen LogP contribution in [0.2, 0.25) is 0 Å².